The lowest BCUT2D eigenvalue weighted by Crippen LogP contribution is -2.29. The zero-order valence-electron chi connectivity index (χ0n) is 18.7. The van der Waals surface area contributed by atoms with Crippen LogP contribution in [0.5, 0.6) is 0 Å². The van der Waals surface area contributed by atoms with Crippen LogP contribution in [0.1, 0.15) is 25.3 Å². The van der Waals surface area contributed by atoms with Crippen molar-refractivity contribution in [2.45, 2.75) is 30.5 Å². The van der Waals surface area contributed by atoms with E-state index in [2.05, 4.69) is 61.3 Å². The number of hydrogen-bond acceptors (Lipinski definition) is 5. The Morgan fingerprint density at radius 2 is 1.94 bits per heavy atom. The Morgan fingerprint density at radius 3 is 2.76 bits per heavy atom. The lowest BCUT2D eigenvalue weighted by molar-refractivity contribution is -0.118. The van der Waals surface area contributed by atoms with Crippen molar-refractivity contribution in [1.82, 2.24) is 25.1 Å². The van der Waals surface area contributed by atoms with Crippen molar-refractivity contribution in [1.29, 1.82) is 0 Å². The highest BCUT2D eigenvalue weighted by Crippen LogP contribution is 2.42. The number of rotatable bonds is 10. The molecule has 7 nitrogen and oxygen atoms in total. The molecule has 1 fully saturated rings. The van der Waals surface area contributed by atoms with Crippen LogP contribution < -0.4 is 10.2 Å². The number of H-pyrrole nitrogens is 1. The molecule has 0 unspecified atom stereocenters. The number of nitrogens with zero attached hydrogens (tertiary/aromatic N) is 4. The van der Waals surface area contributed by atoms with Gasteiger partial charge in [-0.05, 0) is 37.5 Å². The zero-order valence-corrected chi connectivity index (χ0v) is 19.5. The number of benzene rings is 2. The smallest absolute Gasteiger partial charge is 0.230 e. The highest BCUT2D eigenvalue weighted by molar-refractivity contribution is 7.99. The first kappa shape index (κ1) is 21.6. The van der Waals surface area contributed by atoms with E-state index < -0.39 is 0 Å². The Kier molecular flexibility index (Phi) is 6.35. The van der Waals surface area contributed by atoms with Gasteiger partial charge in [-0.1, -0.05) is 48.2 Å². The van der Waals surface area contributed by atoms with Crippen molar-refractivity contribution >= 4 is 34.3 Å². The fraction of sp³-hybridized carbons (Fsp3) is 0.320. The third-order valence-electron chi connectivity index (χ3n) is 5.93. The number of carbonyl (C=O) groups is 1. The number of aromatic nitrogens is 4. The second-order valence-corrected chi connectivity index (χ2v) is 9.35. The Balaban J connectivity index is 1.16. The molecule has 5 rings (SSSR count). The lowest BCUT2D eigenvalue weighted by atomic mass is 10.1. The molecular weight excluding hydrogens is 432 g/mol. The van der Waals surface area contributed by atoms with Gasteiger partial charge in [0.15, 0.2) is 11.0 Å². The van der Waals surface area contributed by atoms with Gasteiger partial charge >= 0.3 is 0 Å². The molecule has 8 heteroatoms. The van der Waals surface area contributed by atoms with Gasteiger partial charge in [0.1, 0.15) is 0 Å². The van der Waals surface area contributed by atoms with Gasteiger partial charge in [-0.3, -0.25) is 9.36 Å². The maximum Gasteiger partial charge on any atom is 0.230 e. The van der Waals surface area contributed by atoms with Gasteiger partial charge in [0.05, 0.1) is 5.75 Å². The van der Waals surface area contributed by atoms with Crippen LogP contribution >= 0.6 is 11.8 Å². The van der Waals surface area contributed by atoms with Crippen molar-refractivity contribution in [3.05, 3.63) is 60.8 Å². The number of hydrogen-bond donors (Lipinski definition) is 2. The summed E-state index contributed by atoms with van der Waals surface area (Å²) in [5, 5.41) is 13.9. The van der Waals surface area contributed by atoms with Gasteiger partial charge in [-0.15, -0.1) is 10.2 Å². The summed E-state index contributed by atoms with van der Waals surface area (Å²) in [6.45, 7) is 1.55. The molecule has 2 aromatic carbocycles. The third kappa shape index (κ3) is 4.90. The quantitative estimate of drug-likeness (QED) is 0.269. The third-order valence-corrected chi connectivity index (χ3v) is 6.87. The second kappa shape index (κ2) is 9.70. The van der Waals surface area contributed by atoms with Crippen molar-refractivity contribution in [3.8, 4) is 11.4 Å². The highest BCUT2D eigenvalue weighted by atomic mass is 32.2. The van der Waals surface area contributed by atoms with Crippen molar-refractivity contribution in [2.24, 2.45) is 0 Å². The number of fused-ring (bicyclic) bond motifs is 1. The number of nitrogens with one attached hydrogen (secondary N) is 2. The predicted octanol–water partition coefficient (Wildman–Crippen LogP) is 4.50. The van der Waals surface area contributed by atoms with Gasteiger partial charge in [0.2, 0.25) is 5.91 Å². The van der Waals surface area contributed by atoms with Crippen molar-refractivity contribution in [3.63, 3.8) is 0 Å². The van der Waals surface area contributed by atoms with E-state index in [1.165, 1.54) is 17.4 Å². The van der Waals surface area contributed by atoms with E-state index in [9.17, 15) is 4.79 Å². The molecule has 1 amide bonds. The molecule has 2 aromatic heterocycles. The summed E-state index contributed by atoms with van der Waals surface area (Å²) >= 11 is 1.46. The maximum absolute atomic E-state index is 12.4. The average Bonchev–Trinajstić information content (AvgIpc) is 3.46. The van der Waals surface area contributed by atoms with Crippen molar-refractivity contribution < 1.29 is 4.79 Å². The predicted molar refractivity (Wildman–Crippen MR) is 134 cm³/mol. The summed E-state index contributed by atoms with van der Waals surface area (Å²) in [6.07, 6.45) is 5.15. The molecule has 4 aromatic rings. The van der Waals surface area contributed by atoms with E-state index >= 15 is 0 Å². The van der Waals surface area contributed by atoms with Crippen LogP contribution in [-0.4, -0.2) is 51.5 Å². The fourth-order valence-corrected chi connectivity index (χ4v) is 4.85. The van der Waals surface area contributed by atoms with Gasteiger partial charge < -0.3 is 15.2 Å². The number of amides is 1. The molecule has 0 atom stereocenters. The average molecular weight is 461 g/mol. The molecule has 0 saturated heterocycles. The molecule has 1 saturated carbocycles. The van der Waals surface area contributed by atoms with Crippen LogP contribution in [-0.2, 0) is 4.79 Å². The number of aromatic amines is 1. The van der Waals surface area contributed by atoms with Crippen LogP contribution in [0, 0.1) is 0 Å². The zero-order chi connectivity index (χ0) is 22.6. The lowest BCUT2D eigenvalue weighted by Gasteiger charge is -2.19. The molecule has 33 heavy (non-hydrogen) atoms. The largest absolute Gasteiger partial charge is 0.375 e. The first-order valence-corrected chi connectivity index (χ1v) is 12.4. The Bertz CT molecular complexity index is 1230. The molecule has 0 bridgehead atoms. The molecule has 170 valence electrons. The molecule has 0 aliphatic heterocycles. The SMILES string of the molecule is CN(CCCNC(=O)CSc1nnc(-c2c[nH]c3ccccc23)n1C1CC1)c1ccccc1. The van der Waals surface area contributed by atoms with E-state index in [0.717, 1.165) is 53.3 Å². The number of para-hydroxylation sites is 2. The van der Waals surface area contributed by atoms with Gasteiger partial charge in [-0.25, -0.2) is 0 Å². The molecule has 0 radical (unpaired) electrons. The number of anilines is 1. The minimum Gasteiger partial charge on any atom is -0.375 e. The van der Waals surface area contributed by atoms with E-state index in [-0.39, 0.29) is 5.91 Å². The van der Waals surface area contributed by atoms with Gasteiger partial charge in [0.25, 0.3) is 0 Å². The first-order valence-electron chi connectivity index (χ1n) is 11.4. The van der Waals surface area contributed by atoms with Crippen LogP contribution in [0.2, 0.25) is 0 Å². The molecule has 1 aliphatic rings. The van der Waals surface area contributed by atoms with E-state index in [0.29, 0.717) is 18.3 Å². The minimum atomic E-state index is 0.0290. The molecule has 2 N–H and O–H groups in total. The molecular formula is C25H28N6OS. The van der Waals surface area contributed by atoms with E-state index in [4.69, 9.17) is 0 Å². The molecule has 0 spiro atoms. The minimum absolute atomic E-state index is 0.0290. The topological polar surface area (TPSA) is 78.8 Å². The number of thioether (sulfide) groups is 1. The molecule has 1 aliphatic carbocycles. The van der Waals surface area contributed by atoms with E-state index in [1.807, 2.05) is 36.5 Å². The van der Waals surface area contributed by atoms with Crippen LogP contribution in [0.25, 0.3) is 22.3 Å². The van der Waals surface area contributed by atoms with Crippen molar-refractivity contribution in [2.75, 3.05) is 30.8 Å². The number of carbonyl (C=O) groups excluding carboxylic acids is 1. The maximum atomic E-state index is 12.4. The van der Waals surface area contributed by atoms with Crippen LogP contribution in [0.4, 0.5) is 5.69 Å². The van der Waals surface area contributed by atoms with Gasteiger partial charge in [0, 0.05) is 54.5 Å². The van der Waals surface area contributed by atoms with Crippen LogP contribution in [0.3, 0.4) is 0 Å². The van der Waals surface area contributed by atoms with Gasteiger partial charge in [-0.2, -0.15) is 0 Å². The normalized spacial score (nSPS) is 13.4. The second-order valence-electron chi connectivity index (χ2n) is 8.40. The van der Waals surface area contributed by atoms with Crippen LogP contribution in [0.15, 0.2) is 66.0 Å². The molecule has 2 heterocycles. The Labute approximate surface area is 197 Å². The summed E-state index contributed by atoms with van der Waals surface area (Å²) in [5.74, 6) is 1.25. The summed E-state index contributed by atoms with van der Waals surface area (Å²) in [7, 11) is 2.07. The summed E-state index contributed by atoms with van der Waals surface area (Å²) in [5.41, 5.74) is 3.33. The monoisotopic (exact) mass is 460 g/mol. The Hall–Kier alpha value is -3.26. The first-order chi connectivity index (χ1) is 16.2. The fourth-order valence-electron chi connectivity index (χ4n) is 4.01. The Morgan fingerprint density at radius 1 is 1.15 bits per heavy atom. The standard InChI is InChI=1S/C25H28N6OS/c1-30(18-8-3-2-4-9-18)15-7-14-26-23(32)17-33-25-29-28-24(31(25)19-12-13-19)21-16-27-22-11-6-5-10-20(21)22/h2-6,8-11,16,19,27H,7,12-15,17H2,1H3,(H,26,32). The summed E-state index contributed by atoms with van der Waals surface area (Å²) in [4.78, 5) is 18.0. The summed E-state index contributed by atoms with van der Waals surface area (Å²) < 4.78 is 2.21. The highest BCUT2D eigenvalue weighted by Gasteiger charge is 2.31. The van der Waals surface area contributed by atoms with E-state index in [1.54, 1.807) is 0 Å². The summed E-state index contributed by atoms with van der Waals surface area (Å²) in [6, 6.07) is 18.9.